The molecule has 1 unspecified atom stereocenters. The highest BCUT2D eigenvalue weighted by Crippen LogP contribution is 2.45. The molecule has 1 atom stereocenters. The number of imidazole rings is 1. The summed E-state index contributed by atoms with van der Waals surface area (Å²) in [7, 11) is 0. The third kappa shape index (κ3) is 3.79. The fourth-order valence-corrected chi connectivity index (χ4v) is 5.18. The molecule has 4 rings (SSSR count). The van der Waals surface area contributed by atoms with Gasteiger partial charge < -0.3 is 10.1 Å². The molecule has 0 radical (unpaired) electrons. The summed E-state index contributed by atoms with van der Waals surface area (Å²) in [5.41, 5.74) is 1.51. The van der Waals surface area contributed by atoms with Gasteiger partial charge in [0.15, 0.2) is 0 Å². The van der Waals surface area contributed by atoms with Crippen LogP contribution in [0.4, 0.5) is 0 Å². The number of aliphatic hydroxyl groups is 1. The molecule has 0 saturated carbocycles. The molecule has 0 bridgehead atoms. The zero-order valence-electron chi connectivity index (χ0n) is 14.6. The van der Waals surface area contributed by atoms with E-state index in [1.165, 1.54) is 30.0 Å². The van der Waals surface area contributed by atoms with Gasteiger partial charge in [-0.05, 0) is 44.3 Å². The van der Waals surface area contributed by atoms with Crippen molar-refractivity contribution in [2.24, 2.45) is 11.3 Å². The van der Waals surface area contributed by atoms with Gasteiger partial charge >= 0.3 is 0 Å². The Balaban J connectivity index is 1.34. The van der Waals surface area contributed by atoms with Gasteiger partial charge in [0.1, 0.15) is 5.01 Å². The number of aliphatic hydroxyl groups excluding tert-OH is 1. The number of rotatable bonds is 5. The van der Waals surface area contributed by atoms with E-state index in [0.29, 0.717) is 17.9 Å². The van der Waals surface area contributed by atoms with Gasteiger partial charge in [0, 0.05) is 49.1 Å². The van der Waals surface area contributed by atoms with Crippen LogP contribution in [0.2, 0.25) is 0 Å². The van der Waals surface area contributed by atoms with Gasteiger partial charge in [-0.2, -0.15) is 0 Å². The number of thiazole rings is 1. The first kappa shape index (κ1) is 17.1. The number of nitrogens with zero attached hydrogens (tertiary/aromatic N) is 4. The number of H-pyrrole nitrogens is 1. The number of hydrogen-bond acceptors (Lipinski definition) is 6. The molecular weight excluding hydrogens is 334 g/mol. The summed E-state index contributed by atoms with van der Waals surface area (Å²) in [5, 5.41) is 13.3. The number of aromatic amines is 1. The second-order valence-electron chi connectivity index (χ2n) is 7.51. The Bertz CT molecular complexity index is 628. The van der Waals surface area contributed by atoms with Crippen molar-refractivity contribution < 1.29 is 5.11 Å². The van der Waals surface area contributed by atoms with E-state index in [9.17, 15) is 5.11 Å². The molecule has 0 amide bonds. The van der Waals surface area contributed by atoms with Crippen LogP contribution in [0.1, 0.15) is 30.0 Å². The average Bonchev–Trinajstić information content (AvgIpc) is 3.33. The molecule has 2 aromatic rings. The Hall–Kier alpha value is -1.28. The molecular formula is C18H27N5OS. The molecule has 0 aliphatic carbocycles. The zero-order valence-corrected chi connectivity index (χ0v) is 15.4. The summed E-state index contributed by atoms with van der Waals surface area (Å²) < 4.78 is 0. The van der Waals surface area contributed by atoms with Crippen LogP contribution in [0, 0.1) is 11.3 Å². The van der Waals surface area contributed by atoms with Crippen molar-refractivity contribution in [3.05, 3.63) is 34.8 Å². The fraction of sp³-hybridized carbons (Fsp3) is 0.667. The smallest absolute Gasteiger partial charge is 0.107 e. The molecule has 7 heteroatoms. The summed E-state index contributed by atoms with van der Waals surface area (Å²) in [6.45, 7) is 6.53. The fourth-order valence-electron chi connectivity index (χ4n) is 4.53. The van der Waals surface area contributed by atoms with E-state index in [-0.39, 0.29) is 0 Å². The number of nitrogens with one attached hydrogen (secondary N) is 1. The van der Waals surface area contributed by atoms with E-state index < -0.39 is 0 Å². The van der Waals surface area contributed by atoms with E-state index in [0.717, 1.165) is 39.3 Å². The summed E-state index contributed by atoms with van der Waals surface area (Å²) in [5.74, 6) is 0.385. The summed E-state index contributed by atoms with van der Waals surface area (Å²) in [4.78, 5) is 16.7. The normalized spacial score (nSPS) is 24.8. The Morgan fingerprint density at radius 3 is 2.64 bits per heavy atom. The van der Waals surface area contributed by atoms with E-state index in [1.54, 1.807) is 17.7 Å². The first-order valence-corrected chi connectivity index (χ1v) is 10.1. The van der Waals surface area contributed by atoms with Crippen LogP contribution in [0.15, 0.2) is 24.1 Å². The topological polar surface area (TPSA) is 68.3 Å². The number of likely N-dealkylation sites (tertiary alicyclic amines) is 2. The Morgan fingerprint density at radius 2 is 2.00 bits per heavy atom. The standard InChI is InChI=1S/C18H27N5OS/c24-13-15-10-23(12-17-20-4-8-25-17)7-3-18(15)1-5-22(6-2-18)11-16-9-19-14-21-16/h4,8-9,14-15,24H,1-3,5-7,10-13H2,(H,19,21). The van der Waals surface area contributed by atoms with Crippen LogP contribution in [0.25, 0.3) is 0 Å². The van der Waals surface area contributed by atoms with Gasteiger partial charge in [0.25, 0.3) is 0 Å². The van der Waals surface area contributed by atoms with Crippen molar-refractivity contribution in [3.63, 3.8) is 0 Å². The highest BCUT2D eigenvalue weighted by molar-refractivity contribution is 7.09. The third-order valence-electron chi connectivity index (χ3n) is 6.13. The highest BCUT2D eigenvalue weighted by atomic mass is 32.1. The third-order valence-corrected chi connectivity index (χ3v) is 6.90. The average molecular weight is 362 g/mol. The van der Waals surface area contributed by atoms with Gasteiger partial charge in [-0.15, -0.1) is 11.3 Å². The van der Waals surface area contributed by atoms with Crippen LogP contribution in [0.3, 0.4) is 0 Å². The van der Waals surface area contributed by atoms with Crippen LogP contribution in [-0.2, 0) is 13.1 Å². The molecule has 2 N–H and O–H groups in total. The summed E-state index contributed by atoms with van der Waals surface area (Å²) >= 11 is 1.72. The number of hydrogen-bond donors (Lipinski definition) is 2. The van der Waals surface area contributed by atoms with Gasteiger partial charge in [-0.25, -0.2) is 9.97 Å². The number of aromatic nitrogens is 3. The summed E-state index contributed by atoms with van der Waals surface area (Å²) in [6, 6.07) is 0. The predicted molar refractivity (Wildman–Crippen MR) is 98.1 cm³/mol. The second-order valence-corrected chi connectivity index (χ2v) is 8.48. The molecule has 0 aromatic carbocycles. The molecule has 2 fully saturated rings. The minimum absolute atomic E-state index is 0.301. The first-order chi connectivity index (χ1) is 12.3. The Labute approximate surface area is 152 Å². The van der Waals surface area contributed by atoms with Gasteiger partial charge in [-0.3, -0.25) is 9.80 Å². The van der Waals surface area contributed by atoms with E-state index in [4.69, 9.17) is 0 Å². The van der Waals surface area contributed by atoms with Crippen molar-refractivity contribution in [2.75, 3.05) is 32.8 Å². The lowest BCUT2D eigenvalue weighted by atomic mass is 9.64. The largest absolute Gasteiger partial charge is 0.396 e. The molecule has 2 aromatic heterocycles. The minimum atomic E-state index is 0.301. The first-order valence-electron chi connectivity index (χ1n) is 9.19. The van der Waals surface area contributed by atoms with E-state index in [2.05, 4.69) is 24.8 Å². The zero-order chi connectivity index (χ0) is 17.1. The monoisotopic (exact) mass is 361 g/mol. The van der Waals surface area contributed by atoms with Crippen LogP contribution >= 0.6 is 11.3 Å². The lowest BCUT2D eigenvalue weighted by Crippen LogP contribution is -2.53. The van der Waals surface area contributed by atoms with Gasteiger partial charge in [-0.1, -0.05) is 0 Å². The highest BCUT2D eigenvalue weighted by Gasteiger charge is 2.44. The SMILES string of the molecule is OCC1CN(Cc2nccs2)CCC12CCN(Cc1cnc[nH]1)CC2. The Morgan fingerprint density at radius 1 is 1.20 bits per heavy atom. The molecule has 6 nitrogen and oxygen atoms in total. The van der Waals surface area contributed by atoms with Crippen LogP contribution in [-0.4, -0.2) is 62.6 Å². The maximum atomic E-state index is 10.1. The molecule has 1 spiro atoms. The lowest BCUT2D eigenvalue weighted by Gasteiger charge is -2.51. The molecule has 2 saturated heterocycles. The van der Waals surface area contributed by atoms with E-state index >= 15 is 0 Å². The maximum absolute atomic E-state index is 10.1. The van der Waals surface area contributed by atoms with Gasteiger partial charge in [0.2, 0.25) is 0 Å². The molecule has 4 heterocycles. The second kappa shape index (κ2) is 7.53. The van der Waals surface area contributed by atoms with Crippen LogP contribution < -0.4 is 0 Å². The maximum Gasteiger partial charge on any atom is 0.107 e. The van der Waals surface area contributed by atoms with Gasteiger partial charge in [0.05, 0.1) is 12.9 Å². The molecule has 2 aliphatic rings. The van der Waals surface area contributed by atoms with Crippen molar-refractivity contribution in [1.29, 1.82) is 0 Å². The summed E-state index contributed by atoms with van der Waals surface area (Å²) in [6.07, 6.45) is 9.12. The number of piperidine rings is 2. The van der Waals surface area contributed by atoms with Crippen molar-refractivity contribution >= 4 is 11.3 Å². The van der Waals surface area contributed by atoms with Crippen molar-refractivity contribution in [1.82, 2.24) is 24.8 Å². The molecule has 25 heavy (non-hydrogen) atoms. The van der Waals surface area contributed by atoms with Crippen molar-refractivity contribution in [2.45, 2.75) is 32.4 Å². The molecule has 2 aliphatic heterocycles. The quantitative estimate of drug-likeness (QED) is 0.852. The minimum Gasteiger partial charge on any atom is -0.396 e. The predicted octanol–water partition coefficient (Wildman–Crippen LogP) is 1.96. The van der Waals surface area contributed by atoms with Crippen LogP contribution in [0.5, 0.6) is 0 Å². The van der Waals surface area contributed by atoms with E-state index in [1.807, 2.05) is 17.8 Å². The lowest BCUT2D eigenvalue weighted by molar-refractivity contribution is -0.0451. The Kier molecular flexibility index (Phi) is 5.17. The molecule has 136 valence electrons. The van der Waals surface area contributed by atoms with Crippen molar-refractivity contribution in [3.8, 4) is 0 Å².